The van der Waals surface area contributed by atoms with Gasteiger partial charge in [-0.15, -0.1) is 10.2 Å². The van der Waals surface area contributed by atoms with Crippen LogP contribution in [0.4, 0.5) is 11.4 Å². The molecule has 4 aromatic rings. The van der Waals surface area contributed by atoms with Crippen LogP contribution in [0.3, 0.4) is 0 Å². The molecule has 0 unspecified atom stereocenters. The highest BCUT2D eigenvalue weighted by Crippen LogP contribution is 2.39. The minimum Gasteiger partial charge on any atom is -0.448 e. The van der Waals surface area contributed by atoms with E-state index in [1.807, 2.05) is 54.6 Å². The van der Waals surface area contributed by atoms with E-state index in [9.17, 15) is 10.1 Å². The fourth-order valence-electron chi connectivity index (χ4n) is 3.35. The van der Waals surface area contributed by atoms with Gasteiger partial charge in [-0.1, -0.05) is 60.3 Å². The van der Waals surface area contributed by atoms with Crippen molar-refractivity contribution in [1.29, 1.82) is 0 Å². The molecule has 5 rings (SSSR count). The van der Waals surface area contributed by atoms with E-state index in [0.717, 1.165) is 22.4 Å². The van der Waals surface area contributed by atoms with Crippen LogP contribution in [0.1, 0.15) is 17.4 Å². The number of thioether (sulfide) groups is 1. The van der Waals surface area contributed by atoms with Crippen molar-refractivity contribution in [3.05, 3.63) is 100 Å². The van der Waals surface area contributed by atoms with Crippen LogP contribution in [0.5, 0.6) is 5.88 Å². The number of non-ortho nitro benzene ring substituents is 1. The molecule has 1 N–H and O–H groups in total. The number of para-hydroxylation sites is 1. The van der Waals surface area contributed by atoms with Crippen molar-refractivity contribution < 1.29 is 9.66 Å². The van der Waals surface area contributed by atoms with Crippen LogP contribution in [-0.2, 0) is 5.75 Å². The van der Waals surface area contributed by atoms with Crippen molar-refractivity contribution in [1.82, 2.24) is 15.2 Å². The lowest BCUT2D eigenvalue weighted by Gasteiger charge is -2.19. The highest BCUT2D eigenvalue weighted by molar-refractivity contribution is 7.98. The zero-order valence-electron chi connectivity index (χ0n) is 16.7. The number of nitrogens with zero attached hydrogens (tertiary/aromatic N) is 4. The molecule has 32 heavy (non-hydrogen) atoms. The van der Waals surface area contributed by atoms with Crippen molar-refractivity contribution in [3.63, 3.8) is 0 Å². The summed E-state index contributed by atoms with van der Waals surface area (Å²) in [5.41, 5.74) is 4.10. The molecule has 0 saturated heterocycles. The number of fused-ring (bicyclic) bond motifs is 3. The molecule has 0 aliphatic carbocycles. The molecule has 9 heteroatoms. The Balaban J connectivity index is 1.48. The lowest BCUT2D eigenvalue weighted by Crippen LogP contribution is -2.17. The highest BCUT2D eigenvalue weighted by atomic mass is 32.2. The van der Waals surface area contributed by atoms with Gasteiger partial charge >= 0.3 is 0 Å². The summed E-state index contributed by atoms with van der Waals surface area (Å²) in [6.07, 6.45) is -0.595. The number of nitro benzene ring substituents is 1. The number of benzene rings is 3. The number of rotatable bonds is 5. The van der Waals surface area contributed by atoms with Gasteiger partial charge in [0, 0.05) is 34.7 Å². The molecule has 0 radical (unpaired) electrons. The van der Waals surface area contributed by atoms with Crippen LogP contribution >= 0.6 is 11.8 Å². The van der Waals surface area contributed by atoms with Gasteiger partial charge in [0.2, 0.25) is 11.0 Å². The molecule has 158 valence electrons. The summed E-state index contributed by atoms with van der Waals surface area (Å²) in [4.78, 5) is 15.2. The lowest BCUT2D eigenvalue weighted by molar-refractivity contribution is -0.384. The van der Waals surface area contributed by atoms with Crippen LogP contribution in [0.2, 0.25) is 0 Å². The van der Waals surface area contributed by atoms with Gasteiger partial charge in [0.05, 0.1) is 4.92 Å². The molecule has 2 heterocycles. The second kappa shape index (κ2) is 8.64. The molecule has 0 amide bonds. The summed E-state index contributed by atoms with van der Waals surface area (Å²) in [5.74, 6) is 1.07. The average molecular weight is 443 g/mol. The van der Waals surface area contributed by atoms with Crippen molar-refractivity contribution in [2.45, 2.75) is 17.1 Å². The summed E-state index contributed by atoms with van der Waals surface area (Å²) < 4.78 is 6.21. The number of anilines is 1. The third-order valence-electron chi connectivity index (χ3n) is 4.95. The molecule has 0 fully saturated rings. The molecule has 1 aromatic heterocycles. The summed E-state index contributed by atoms with van der Waals surface area (Å²) in [6, 6.07) is 24.0. The normalized spacial score (nSPS) is 14.3. The molecule has 0 spiro atoms. The number of nitro groups is 1. The van der Waals surface area contributed by atoms with Crippen LogP contribution in [0, 0.1) is 10.1 Å². The van der Waals surface area contributed by atoms with Gasteiger partial charge in [0.15, 0.2) is 11.9 Å². The van der Waals surface area contributed by atoms with E-state index in [1.54, 1.807) is 12.1 Å². The predicted octanol–water partition coefficient (Wildman–Crippen LogP) is 5.24. The largest absolute Gasteiger partial charge is 0.448 e. The van der Waals surface area contributed by atoms with E-state index in [-0.39, 0.29) is 5.69 Å². The molecular weight excluding hydrogens is 426 g/mol. The average Bonchev–Trinajstić information content (AvgIpc) is 3.00. The van der Waals surface area contributed by atoms with Crippen molar-refractivity contribution in [3.8, 4) is 17.1 Å². The second-order valence-corrected chi connectivity index (χ2v) is 8.00. The number of hydrogen-bond acceptors (Lipinski definition) is 8. The van der Waals surface area contributed by atoms with Gasteiger partial charge in [-0.05, 0) is 23.8 Å². The maximum Gasteiger partial charge on any atom is 0.269 e. The van der Waals surface area contributed by atoms with E-state index < -0.39 is 11.2 Å². The maximum absolute atomic E-state index is 11.0. The Hall–Kier alpha value is -3.98. The molecular formula is C23H17N5O3S. The van der Waals surface area contributed by atoms with Crippen LogP contribution in [0.25, 0.3) is 11.3 Å². The monoisotopic (exact) mass is 443 g/mol. The standard InChI is InChI=1S/C23H17N5O3S/c29-28(30)17-12-10-16(11-13-17)21-24-19-9-5-4-8-18(19)20-22(31-21)25-23(27-26-20)32-14-15-6-2-1-3-7-15/h1-13,21,24H,14H2/t21-/m0/s1. The first-order valence-electron chi connectivity index (χ1n) is 9.86. The number of nitrogens with one attached hydrogen (secondary N) is 1. The Morgan fingerprint density at radius 2 is 1.72 bits per heavy atom. The Morgan fingerprint density at radius 3 is 2.50 bits per heavy atom. The first-order chi connectivity index (χ1) is 15.7. The number of ether oxygens (including phenoxy) is 1. The zero-order chi connectivity index (χ0) is 21.9. The topological polar surface area (TPSA) is 103 Å². The van der Waals surface area contributed by atoms with Gasteiger partial charge in [0.1, 0.15) is 0 Å². The molecule has 1 aliphatic heterocycles. The van der Waals surface area contributed by atoms with Gasteiger partial charge < -0.3 is 10.1 Å². The van der Waals surface area contributed by atoms with E-state index in [1.165, 1.54) is 23.9 Å². The molecule has 1 aliphatic rings. The quantitative estimate of drug-likeness (QED) is 0.254. The van der Waals surface area contributed by atoms with E-state index in [4.69, 9.17) is 4.74 Å². The second-order valence-electron chi connectivity index (χ2n) is 7.06. The van der Waals surface area contributed by atoms with Crippen LogP contribution < -0.4 is 10.1 Å². The summed E-state index contributed by atoms with van der Waals surface area (Å²) in [5, 5.41) is 23.6. The summed E-state index contributed by atoms with van der Waals surface area (Å²) in [6.45, 7) is 0. The molecule has 3 aromatic carbocycles. The summed E-state index contributed by atoms with van der Waals surface area (Å²) in [7, 11) is 0. The van der Waals surface area contributed by atoms with Gasteiger partial charge in [0.25, 0.3) is 5.69 Å². The first kappa shape index (κ1) is 20.0. The number of hydrogen-bond donors (Lipinski definition) is 1. The van der Waals surface area contributed by atoms with E-state index >= 15 is 0 Å². The van der Waals surface area contributed by atoms with Gasteiger partial charge in [-0.25, -0.2) is 0 Å². The third-order valence-corrected chi connectivity index (χ3v) is 5.86. The Morgan fingerprint density at radius 1 is 0.969 bits per heavy atom. The molecule has 0 saturated carbocycles. The first-order valence-corrected chi connectivity index (χ1v) is 10.8. The van der Waals surface area contributed by atoms with Crippen molar-refractivity contribution in [2.75, 3.05) is 5.32 Å². The zero-order valence-corrected chi connectivity index (χ0v) is 17.5. The molecule has 8 nitrogen and oxygen atoms in total. The minimum absolute atomic E-state index is 0.0202. The Kier molecular flexibility index (Phi) is 5.39. The Bertz CT molecular complexity index is 1270. The fraction of sp³-hybridized carbons (Fsp3) is 0.0870. The van der Waals surface area contributed by atoms with Gasteiger partial charge in [-0.2, -0.15) is 4.98 Å². The van der Waals surface area contributed by atoms with Crippen LogP contribution in [0.15, 0.2) is 84.0 Å². The fourth-order valence-corrected chi connectivity index (χ4v) is 4.09. The Labute approximate surface area is 187 Å². The van der Waals surface area contributed by atoms with Crippen molar-refractivity contribution >= 4 is 23.1 Å². The SMILES string of the molecule is O=[N+]([O-])c1ccc([C@H]2Nc3ccccc3-c3nnc(SCc4ccccc4)nc3O2)cc1. The van der Waals surface area contributed by atoms with E-state index in [0.29, 0.717) is 22.5 Å². The third kappa shape index (κ3) is 4.10. The summed E-state index contributed by atoms with van der Waals surface area (Å²) >= 11 is 1.48. The molecule has 1 atom stereocenters. The maximum atomic E-state index is 11.0. The van der Waals surface area contributed by atoms with Crippen molar-refractivity contribution in [2.24, 2.45) is 0 Å². The van der Waals surface area contributed by atoms with Crippen LogP contribution in [-0.4, -0.2) is 20.1 Å². The van der Waals surface area contributed by atoms with E-state index in [2.05, 4.69) is 20.5 Å². The van der Waals surface area contributed by atoms with Gasteiger partial charge in [-0.3, -0.25) is 10.1 Å². The lowest BCUT2D eigenvalue weighted by atomic mass is 10.1. The smallest absolute Gasteiger partial charge is 0.269 e. The number of aromatic nitrogens is 3. The highest BCUT2D eigenvalue weighted by Gasteiger charge is 2.26. The predicted molar refractivity (Wildman–Crippen MR) is 121 cm³/mol. The minimum atomic E-state index is -0.595. The molecule has 0 bridgehead atoms.